The van der Waals surface area contributed by atoms with Crippen LogP contribution in [0.25, 0.3) is 11.1 Å². The molecule has 1 heterocycles. The largest absolute Gasteiger partial charge is 0.424 e. The molecule has 0 aliphatic carbocycles. The number of nitro benzene ring substituents is 1. The van der Waals surface area contributed by atoms with E-state index in [-0.39, 0.29) is 5.69 Å². The van der Waals surface area contributed by atoms with Crippen LogP contribution in [0.1, 0.15) is 6.92 Å². The van der Waals surface area contributed by atoms with Crippen LogP contribution in [0.2, 0.25) is 0 Å². The van der Waals surface area contributed by atoms with Gasteiger partial charge in [0.25, 0.3) is 11.7 Å². The van der Waals surface area contributed by atoms with Gasteiger partial charge in [0, 0.05) is 18.7 Å². The first-order valence-corrected chi connectivity index (χ1v) is 4.99. The van der Waals surface area contributed by atoms with Gasteiger partial charge in [-0.05, 0) is 13.0 Å². The van der Waals surface area contributed by atoms with Gasteiger partial charge in [0.05, 0.1) is 4.92 Å². The summed E-state index contributed by atoms with van der Waals surface area (Å²) in [7, 11) is 0. The van der Waals surface area contributed by atoms with Crippen LogP contribution in [-0.4, -0.2) is 16.5 Å². The molecule has 1 N–H and O–H groups in total. The molecule has 0 saturated carbocycles. The fraction of sp³-hybridized carbons (Fsp3) is 0.182. The second-order valence-corrected chi connectivity index (χ2v) is 3.74. The molecule has 0 amide bonds. The first-order chi connectivity index (χ1) is 8.06. The zero-order valence-corrected chi connectivity index (χ0v) is 9.27. The Kier molecular flexibility index (Phi) is 2.78. The second-order valence-electron chi connectivity index (χ2n) is 3.74. The highest BCUT2D eigenvalue weighted by atomic mass is 16.6. The maximum absolute atomic E-state index is 10.6. The molecule has 0 radical (unpaired) electrons. The smallest absolute Gasteiger partial charge is 0.295 e. The van der Waals surface area contributed by atoms with E-state index in [2.05, 4.69) is 16.9 Å². The Morgan fingerprint density at radius 3 is 3.06 bits per heavy atom. The second kappa shape index (κ2) is 4.25. The minimum Gasteiger partial charge on any atom is -0.424 e. The van der Waals surface area contributed by atoms with Crippen molar-refractivity contribution < 1.29 is 9.34 Å². The van der Waals surface area contributed by atoms with Gasteiger partial charge in [-0.15, -0.1) is 0 Å². The van der Waals surface area contributed by atoms with Gasteiger partial charge < -0.3 is 9.73 Å². The highest BCUT2D eigenvalue weighted by Crippen LogP contribution is 2.23. The summed E-state index contributed by atoms with van der Waals surface area (Å²) in [6.07, 6.45) is 0. The van der Waals surface area contributed by atoms with Gasteiger partial charge in [-0.2, -0.15) is 4.98 Å². The van der Waals surface area contributed by atoms with E-state index in [1.165, 1.54) is 18.2 Å². The lowest BCUT2D eigenvalue weighted by atomic mass is 10.3. The van der Waals surface area contributed by atoms with Gasteiger partial charge in [-0.3, -0.25) is 10.1 Å². The van der Waals surface area contributed by atoms with E-state index in [0.717, 1.165) is 5.57 Å². The van der Waals surface area contributed by atoms with Crippen molar-refractivity contribution in [3.8, 4) is 0 Å². The van der Waals surface area contributed by atoms with Crippen molar-refractivity contribution in [3.05, 3.63) is 40.5 Å². The van der Waals surface area contributed by atoms with Crippen LogP contribution in [0.5, 0.6) is 0 Å². The number of rotatable bonds is 4. The molecule has 1 aromatic heterocycles. The van der Waals surface area contributed by atoms with Crippen molar-refractivity contribution in [2.45, 2.75) is 6.92 Å². The number of nitrogens with one attached hydrogen (secondary N) is 1. The third-order valence-corrected chi connectivity index (χ3v) is 2.12. The first kappa shape index (κ1) is 11.1. The Hall–Kier alpha value is -2.37. The van der Waals surface area contributed by atoms with E-state index >= 15 is 0 Å². The lowest BCUT2D eigenvalue weighted by Gasteiger charge is -1.98. The van der Waals surface area contributed by atoms with E-state index in [1.807, 2.05) is 6.92 Å². The van der Waals surface area contributed by atoms with Crippen LogP contribution in [0.4, 0.5) is 11.7 Å². The normalized spacial score (nSPS) is 10.4. The molecule has 0 saturated heterocycles. The summed E-state index contributed by atoms with van der Waals surface area (Å²) in [6.45, 7) is 6.17. The van der Waals surface area contributed by atoms with Gasteiger partial charge in [0.15, 0.2) is 5.58 Å². The molecule has 0 spiro atoms. The number of nitrogens with zero attached hydrogens (tertiary/aromatic N) is 2. The van der Waals surface area contributed by atoms with Crippen molar-refractivity contribution in [3.63, 3.8) is 0 Å². The van der Waals surface area contributed by atoms with Crippen LogP contribution in [0.3, 0.4) is 0 Å². The van der Waals surface area contributed by atoms with Crippen LogP contribution in [0, 0.1) is 10.1 Å². The number of nitro groups is 1. The number of anilines is 1. The van der Waals surface area contributed by atoms with E-state index < -0.39 is 4.92 Å². The standard InChI is InChI=1S/C11H11N3O3/c1-7(2)6-12-11-13-9-5-8(14(15)16)3-4-10(9)17-11/h3-5H,1,6H2,2H3,(H,12,13). The van der Waals surface area contributed by atoms with Crippen molar-refractivity contribution in [1.82, 2.24) is 4.98 Å². The number of hydrogen-bond acceptors (Lipinski definition) is 5. The number of aromatic nitrogens is 1. The minimum atomic E-state index is -0.463. The maximum atomic E-state index is 10.6. The van der Waals surface area contributed by atoms with E-state index in [1.54, 1.807) is 0 Å². The molecule has 1 aromatic carbocycles. The molecule has 6 nitrogen and oxygen atoms in total. The van der Waals surface area contributed by atoms with Crippen LogP contribution in [0.15, 0.2) is 34.8 Å². The quantitative estimate of drug-likeness (QED) is 0.498. The summed E-state index contributed by atoms with van der Waals surface area (Å²) in [4.78, 5) is 14.2. The molecule has 6 heteroatoms. The average molecular weight is 233 g/mol. The zero-order chi connectivity index (χ0) is 12.4. The summed E-state index contributed by atoms with van der Waals surface area (Å²) in [6, 6.07) is 4.64. The summed E-state index contributed by atoms with van der Waals surface area (Å²) < 4.78 is 5.37. The van der Waals surface area contributed by atoms with Gasteiger partial charge in [0.2, 0.25) is 0 Å². The Morgan fingerprint density at radius 2 is 2.41 bits per heavy atom. The molecular weight excluding hydrogens is 222 g/mol. The van der Waals surface area contributed by atoms with E-state index in [9.17, 15) is 10.1 Å². The van der Waals surface area contributed by atoms with Crippen molar-refractivity contribution >= 4 is 22.8 Å². The molecule has 88 valence electrons. The SMILES string of the molecule is C=C(C)CNc1nc2cc([N+](=O)[O-])ccc2o1. The maximum Gasteiger partial charge on any atom is 0.295 e. The van der Waals surface area contributed by atoms with Gasteiger partial charge in [-0.25, -0.2) is 0 Å². The van der Waals surface area contributed by atoms with Crippen LogP contribution >= 0.6 is 0 Å². The Balaban J connectivity index is 2.30. The van der Waals surface area contributed by atoms with E-state index in [0.29, 0.717) is 23.7 Å². The lowest BCUT2D eigenvalue weighted by molar-refractivity contribution is -0.384. The minimum absolute atomic E-state index is 0.00255. The Bertz CT molecular complexity index is 589. The van der Waals surface area contributed by atoms with Gasteiger partial charge in [-0.1, -0.05) is 12.2 Å². The Labute approximate surface area is 97.1 Å². The molecule has 0 bridgehead atoms. The fourth-order valence-corrected chi connectivity index (χ4v) is 1.33. The third kappa shape index (κ3) is 2.41. The third-order valence-electron chi connectivity index (χ3n) is 2.12. The molecule has 0 unspecified atom stereocenters. The van der Waals surface area contributed by atoms with Crippen molar-refractivity contribution in [2.24, 2.45) is 0 Å². The summed E-state index contributed by atoms with van der Waals surface area (Å²) in [5.41, 5.74) is 1.92. The zero-order valence-electron chi connectivity index (χ0n) is 9.27. The molecule has 17 heavy (non-hydrogen) atoms. The molecule has 0 aliphatic heterocycles. The van der Waals surface area contributed by atoms with Crippen molar-refractivity contribution in [1.29, 1.82) is 0 Å². The molecular formula is C11H11N3O3. The van der Waals surface area contributed by atoms with Crippen LogP contribution < -0.4 is 5.32 Å². The number of oxazole rings is 1. The Morgan fingerprint density at radius 1 is 1.65 bits per heavy atom. The number of non-ortho nitro benzene ring substituents is 1. The molecule has 2 rings (SSSR count). The molecule has 2 aromatic rings. The average Bonchev–Trinajstić information content (AvgIpc) is 2.67. The highest BCUT2D eigenvalue weighted by Gasteiger charge is 2.11. The van der Waals surface area contributed by atoms with Gasteiger partial charge in [0.1, 0.15) is 5.52 Å². The number of fused-ring (bicyclic) bond motifs is 1. The lowest BCUT2D eigenvalue weighted by Crippen LogP contribution is -2.01. The predicted molar refractivity (Wildman–Crippen MR) is 64.0 cm³/mol. The first-order valence-electron chi connectivity index (χ1n) is 4.99. The van der Waals surface area contributed by atoms with Crippen molar-refractivity contribution in [2.75, 3.05) is 11.9 Å². The number of benzene rings is 1. The molecule has 0 aliphatic rings. The fourth-order valence-electron chi connectivity index (χ4n) is 1.33. The summed E-state index contributed by atoms with van der Waals surface area (Å²) in [5, 5.41) is 13.5. The number of hydrogen-bond donors (Lipinski definition) is 1. The monoisotopic (exact) mass is 233 g/mol. The summed E-state index contributed by atoms with van der Waals surface area (Å²) >= 11 is 0. The topological polar surface area (TPSA) is 81.2 Å². The van der Waals surface area contributed by atoms with Crippen LogP contribution in [-0.2, 0) is 0 Å². The van der Waals surface area contributed by atoms with Gasteiger partial charge >= 0.3 is 0 Å². The summed E-state index contributed by atoms with van der Waals surface area (Å²) in [5.74, 6) is 0. The predicted octanol–water partition coefficient (Wildman–Crippen LogP) is 2.72. The highest BCUT2D eigenvalue weighted by molar-refractivity contribution is 5.77. The molecule has 0 fully saturated rings. The molecule has 0 atom stereocenters. The van der Waals surface area contributed by atoms with E-state index in [4.69, 9.17) is 4.42 Å².